The summed E-state index contributed by atoms with van der Waals surface area (Å²) in [5.41, 5.74) is 9.12. The lowest BCUT2D eigenvalue weighted by Crippen LogP contribution is -1.98. The SMILES string of the molecule is Cn1c(N)nc(O)c1/C=C1/C=Nc2ccccc21. The van der Waals surface area contributed by atoms with Crippen LogP contribution in [0.1, 0.15) is 11.3 Å². The number of imidazole rings is 1. The van der Waals surface area contributed by atoms with Crippen LogP contribution in [0.15, 0.2) is 29.3 Å². The minimum atomic E-state index is -0.0692. The van der Waals surface area contributed by atoms with Gasteiger partial charge in [-0.25, -0.2) is 0 Å². The normalized spacial score (nSPS) is 15.3. The van der Waals surface area contributed by atoms with Gasteiger partial charge in [-0.15, -0.1) is 0 Å². The zero-order valence-corrected chi connectivity index (χ0v) is 9.83. The summed E-state index contributed by atoms with van der Waals surface area (Å²) >= 11 is 0. The Balaban J connectivity index is 2.12. The summed E-state index contributed by atoms with van der Waals surface area (Å²) in [6.07, 6.45) is 3.60. The molecule has 1 aromatic heterocycles. The molecule has 0 amide bonds. The van der Waals surface area contributed by atoms with Gasteiger partial charge < -0.3 is 15.4 Å². The van der Waals surface area contributed by atoms with E-state index in [1.807, 2.05) is 30.3 Å². The van der Waals surface area contributed by atoms with Crippen LogP contribution in [0.25, 0.3) is 11.6 Å². The first kappa shape index (κ1) is 10.6. The minimum absolute atomic E-state index is 0.0692. The first-order valence-corrected chi connectivity index (χ1v) is 5.53. The Hall–Kier alpha value is -2.56. The molecule has 0 saturated carbocycles. The van der Waals surface area contributed by atoms with Gasteiger partial charge in [0.15, 0.2) is 0 Å². The minimum Gasteiger partial charge on any atom is -0.492 e. The number of aliphatic imine (C=N–C) groups is 1. The average Bonchev–Trinajstić information content (AvgIpc) is 2.87. The van der Waals surface area contributed by atoms with Crippen molar-refractivity contribution in [1.29, 1.82) is 0 Å². The standard InChI is InChI=1S/C13H12N4O/c1-17-11(12(18)16-13(17)14)6-8-7-15-10-5-3-2-4-9(8)10/h2-7,18H,1H3,(H2,14,16)/b8-6-. The van der Waals surface area contributed by atoms with E-state index in [9.17, 15) is 5.11 Å². The molecule has 0 aliphatic carbocycles. The van der Waals surface area contributed by atoms with E-state index in [1.165, 1.54) is 0 Å². The summed E-state index contributed by atoms with van der Waals surface area (Å²) in [7, 11) is 1.76. The molecule has 1 aliphatic heterocycles. The largest absolute Gasteiger partial charge is 0.492 e. The van der Waals surface area contributed by atoms with Crippen molar-refractivity contribution in [2.45, 2.75) is 0 Å². The molecule has 2 heterocycles. The van der Waals surface area contributed by atoms with Crippen molar-refractivity contribution in [3.63, 3.8) is 0 Å². The average molecular weight is 240 g/mol. The molecule has 0 fully saturated rings. The van der Waals surface area contributed by atoms with E-state index >= 15 is 0 Å². The van der Waals surface area contributed by atoms with Crippen LogP contribution in [0.2, 0.25) is 0 Å². The van der Waals surface area contributed by atoms with Crippen LogP contribution < -0.4 is 5.73 Å². The number of nitrogen functional groups attached to an aromatic ring is 1. The fourth-order valence-corrected chi connectivity index (χ4v) is 1.98. The monoisotopic (exact) mass is 240 g/mol. The summed E-state index contributed by atoms with van der Waals surface area (Å²) in [5, 5.41) is 9.72. The smallest absolute Gasteiger partial charge is 0.238 e. The van der Waals surface area contributed by atoms with Crippen LogP contribution in [-0.2, 0) is 7.05 Å². The maximum absolute atomic E-state index is 9.72. The number of hydrogen-bond donors (Lipinski definition) is 2. The van der Waals surface area contributed by atoms with Crippen LogP contribution in [0.3, 0.4) is 0 Å². The summed E-state index contributed by atoms with van der Waals surface area (Å²) < 4.78 is 1.64. The number of hydrogen-bond acceptors (Lipinski definition) is 4. The number of allylic oxidation sites excluding steroid dienone is 1. The second-order valence-electron chi connectivity index (χ2n) is 4.11. The van der Waals surface area contributed by atoms with Crippen LogP contribution in [0.5, 0.6) is 5.88 Å². The highest BCUT2D eigenvalue weighted by molar-refractivity contribution is 6.21. The Morgan fingerprint density at radius 3 is 2.83 bits per heavy atom. The molecule has 1 aromatic carbocycles. The number of anilines is 1. The van der Waals surface area contributed by atoms with Crippen LogP contribution in [-0.4, -0.2) is 20.9 Å². The molecule has 0 saturated heterocycles. The Morgan fingerprint density at radius 2 is 2.11 bits per heavy atom. The summed E-state index contributed by atoms with van der Waals surface area (Å²) in [6, 6.07) is 7.84. The first-order chi connectivity index (χ1) is 8.66. The summed E-state index contributed by atoms with van der Waals surface area (Å²) in [5.74, 6) is 0.211. The van der Waals surface area contributed by atoms with E-state index in [4.69, 9.17) is 5.73 Å². The predicted molar refractivity (Wildman–Crippen MR) is 71.8 cm³/mol. The van der Waals surface area contributed by atoms with Crippen molar-refractivity contribution in [3.05, 3.63) is 35.5 Å². The molecule has 0 bridgehead atoms. The summed E-state index contributed by atoms with van der Waals surface area (Å²) in [4.78, 5) is 8.12. The molecule has 90 valence electrons. The van der Waals surface area contributed by atoms with Gasteiger partial charge in [0.1, 0.15) is 5.69 Å². The Labute approximate surface area is 104 Å². The van der Waals surface area contributed by atoms with Gasteiger partial charge in [-0.2, -0.15) is 4.98 Å². The lowest BCUT2D eigenvalue weighted by atomic mass is 10.1. The molecule has 2 aromatic rings. The number of nitrogens with zero attached hydrogens (tertiary/aromatic N) is 3. The van der Waals surface area contributed by atoms with E-state index in [1.54, 1.807) is 17.8 Å². The van der Waals surface area contributed by atoms with Crippen molar-refractivity contribution >= 4 is 29.5 Å². The molecule has 18 heavy (non-hydrogen) atoms. The Kier molecular flexibility index (Phi) is 2.19. The fraction of sp³-hybridized carbons (Fsp3) is 0.0769. The third kappa shape index (κ3) is 1.48. The van der Waals surface area contributed by atoms with Gasteiger partial charge in [0.2, 0.25) is 11.8 Å². The van der Waals surface area contributed by atoms with Crippen molar-refractivity contribution in [1.82, 2.24) is 9.55 Å². The van der Waals surface area contributed by atoms with Gasteiger partial charge in [0.25, 0.3) is 0 Å². The number of aromatic nitrogens is 2. The molecule has 0 unspecified atom stereocenters. The topological polar surface area (TPSA) is 76.4 Å². The van der Waals surface area contributed by atoms with E-state index < -0.39 is 0 Å². The van der Waals surface area contributed by atoms with Crippen molar-refractivity contribution in [3.8, 4) is 5.88 Å². The van der Waals surface area contributed by atoms with Gasteiger partial charge in [-0.1, -0.05) is 18.2 Å². The van der Waals surface area contributed by atoms with Gasteiger partial charge in [0, 0.05) is 24.4 Å². The summed E-state index contributed by atoms with van der Waals surface area (Å²) in [6.45, 7) is 0. The highest BCUT2D eigenvalue weighted by Gasteiger charge is 2.15. The molecule has 1 aliphatic rings. The molecule has 0 radical (unpaired) electrons. The maximum atomic E-state index is 9.72. The third-order valence-electron chi connectivity index (χ3n) is 3.00. The zero-order chi connectivity index (χ0) is 12.7. The van der Waals surface area contributed by atoms with Crippen molar-refractivity contribution in [2.75, 3.05) is 5.73 Å². The molecular weight excluding hydrogens is 228 g/mol. The molecule has 0 spiro atoms. The van der Waals surface area contributed by atoms with Gasteiger partial charge >= 0.3 is 0 Å². The second kappa shape index (κ2) is 3.73. The number of fused-ring (bicyclic) bond motifs is 1. The quantitative estimate of drug-likeness (QED) is 0.800. The predicted octanol–water partition coefficient (Wildman–Crippen LogP) is 1.96. The first-order valence-electron chi connectivity index (χ1n) is 5.53. The number of rotatable bonds is 1. The van der Waals surface area contributed by atoms with E-state index in [-0.39, 0.29) is 11.8 Å². The molecule has 5 nitrogen and oxygen atoms in total. The van der Waals surface area contributed by atoms with Crippen molar-refractivity contribution in [2.24, 2.45) is 12.0 Å². The van der Waals surface area contributed by atoms with Crippen LogP contribution in [0.4, 0.5) is 11.6 Å². The molecule has 5 heteroatoms. The van der Waals surface area contributed by atoms with Gasteiger partial charge in [0.05, 0.1) is 5.69 Å². The molecule has 3 N–H and O–H groups in total. The number of para-hydroxylation sites is 1. The second-order valence-corrected chi connectivity index (χ2v) is 4.11. The van der Waals surface area contributed by atoms with Gasteiger partial charge in [-0.3, -0.25) is 4.99 Å². The Bertz CT molecular complexity index is 682. The number of benzene rings is 1. The van der Waals surface area contributed by atoms with E-state index in [2.05, 4.69) is 9.98 Å². The van der Waals surface area contributed by atoms with Crippen molar-refractivity contribution < 1.29 is 5.11 Å². The van der Waals surface area contributed by atoms with Crippen LogP contribution >= 0.6 is 0 Å². The zero-order valence-electron chi connectivity index (χ0n) is 9.83. The Morgan fingerprint density at radius 1 is 1.33 bits per heavy atom. The number of nitrogens with two attached hydrogens (primary N) is 1. The van der Waals surface area contributed by atoms with Crippen LogP contribution in [0, 0.1) is 0 Å². The van der Waals surface area contributed by atoms with E-state index in [0.29, 0.717) is 5.69 Å². The van der Waals surface area contributed by atoms with E-state index in [0.717, 1.165) is 16.8 Å². The third-order valence-corrected chi connectivity index (χ3v) is 3.00. The maximum Gasteiger partial charge on any atom is 0.238 e. The lowest BCUT2D eigenvalue weighted by Gasteiger charge is -2.01. The lowest BCUT2D eigenvalue weighted by molar-refractivity contribution is 0.455. The fourth-order valence-electron chi connectivity index (χ4n) is 1.98. The molecular formula is C13H12N4O. The highest BCUT2D eigenvalue weighted by atomic mass is 16.3. The molecule has 3 rings (SSSR count). The molecule has 0 atom stereocenters. The van der Waals surface area contributed by atoms with Gasteiger partial charge in [-0.05, 0) is 12.1 Å². The highest BCUT2D eigenvalue weighted by Crippen LogP contribution is 2.33. The number of aromatic hydroxyl groups is 1.